The molecule has 0 unspecified atom stereocenters. The van der Waals surface area contributed by atoms with Crippen LogP contribution >= 0.6 is 0 Å². The van der Waals surface area contributed by atoms with E-state index in [1.54, 1.807) is 0 Å². The summed E-state index contributed by atoms with van der Waals surface area (Å²) >= 11 is 0. The Labute approximate surface area is 244 Å². The second-order valence-corrected chi connectivity index (χ2v) is 11.3. The fourth-order valence-corrected chi connectivity index (χ4v) is 5.68. The van der Waals surface area contributed by atoms with E-state index < -0.39 is 58.9 Å². The highest BCUT2D eigenvalue weighted by atomic mass is 19.4. The zero-order valence-electron chi connectivity index (χ0n) is 23.6. The van der Waals surface area contributed by atoms with Crippen molar-refractivity contribution < 1.29 is 49.0 Å². The first kappa shape index (κ1) is 33.0. The molecule has 0 spiro atoms. The number of ether oxygens (including phenoxy) is 2. The van der Waals surface area contributed by atoms with E-state index >= 15 is 0 Å². The van der Waals surface area contributed by atoms with Gasteiger partial charge in [0.25, 0.3) is 0 Å². The molecule has 0 aliphatic heterocycles. The third-order valence-electron chi connectivity index (χ3n) is 8.07. The standard InChI is InChI=1S/C32H33F9O2/c1-2-3-22-10-16-27(28(33)18-22)32(40,41)42-24-13-8-21(9-14-24)5-4-20-6-11-23(12-7-20)31(38,39)43-25-15-17-26(29(34)19-25)30(35,36)37/h10,15-21,23-24H,2-3,6-9,11-14H2,1H3. The molecule has 0 atom stereocenters. The van der Waals surface area contributed by atoms with Gasteiger partial charge in [0.15, 0.2) is 0 Å². The van der Waals surface area contributed by atoms with Crippen LogP contribution < -0.4 is 4.74 Å². The van der Waals surface area contributed by atoms with Crippen LogP contribution in [0, 0.1) is 41.2 Å². The van der Waals surface area contributed by atoms with Crippen LogP contribution in [0.3, 0.4) is 0 Å². The topological polar surface area (TPSA) is 18.5 Å². The number of rotatable bonds is 8. The lowest BCUT2D eigenvalue weighted by Gasteiger charge is -2.32. The van der Waals surface area contributed by atoms with Gasteiger partial charge < -0.3 is 9.47 Å². The van der Waals surface area contributed by atoms with Crippen LogP contribution in [-0.4, -0.2) is 12.2 Å². The van der Waals surface area contributed by atoms with Crippen molar-refractivity contribution in [3.05, 3.63) is 64.7 Å². The second kappa shape index (κ2) is 13.4. The fraction of sp³-hybridized carbons (Fsp3) is 0.562. The molecule has 2 aliphatic rings. The van der Waals surface area contributed by atoms with Gasteiger partial charge in [0, 0.05) is 17.9 Å². The summed E-state index contributed by atoms with van der Waals surface area (Å²) in [5.41, 5.74) is -1.71. The van der Waals surface area contributed by atoms with Gasteiger partial charge >= 0.3 is 18.4 Å². The lowest BCUT2D eigenvalue weighted by molar-refractivity contribution is -0.278. The molecule has 2 nitrogen and oxygen atoms in total. The van der Waals surface area contributed by atoms with Gasteiger partial charge in [-0.15, -0.1) is 0 Å². The van der Waals surface area contributed by atoms with Crippen LogP contribution in [-0.2, 0) is 23.4 Å². The van der Waals surface area contributed by atoms with E-state index in [0.717, 1.165) is 18.6 Å². The number of hydrogen-bond donors (Lipinski definition) is 0. The predicted molar refractivity (Wildman–Crippen MR) is 141 cm³/mol. The van der Waals surface area contributed by atoms with Gasteiger partial charge in [-0.2, -0.15) is 30.7 Å². The molecule has 2 aliphatic carbocycles. The van der Waals surface area contributed by atoms with E-state index in [4.69, 9.17) is 4.74 Å². The van der Waals surface area contributed by atoms with E-state index in [2.05, 4.69) is 16.6 Å². The van der Waals surface area contributed by atoms with E-state index in [0.29, 0.717) is 68.7 Å². The molecule has 0 saturated heterocycles. The van der Waals surface area contributed by atoms with Crippen LogP contribution in [0.1, 0.15) is 81.4 Å². The second-order valence-electron chi connectivity index (χ2n) is 11.3. The quantitative estimate of drug-likeness (QED) is 0.216. The van der Waals surface area contributed by atoms with Crippen LogP contribution in [0.4, 0.5) is 39.5 Å². The van der Waals surface area contributed by atoms with Crippen LogP contribution in [0.5, 0.6) is 5.75 Å². The molecule has 0 bridgehead atoms. The van der Waals surface area contributed by atoms with Gasteiger partial charge in [-0.05, 0) is 87.6 Å². The Morgan fingerprint density at radius 2 is 1.28 bits per heavy atom. The summed E-state index contributed by atoms with van der Waals surface area (Å²) in [5.74, 6) is 1.47. The van der Waals surface area contributed by atoms with Crippen LogP contribution in [0.25, 0.3) is 0 Å². The molecule has 236 valence electrons. The third kappa shape index (κ3) is 8.62. The smallest absolute Gasteiger partial charge is 0.419 e. The first-order valence-electron chi connectivity index (χ1n) is 14.5. The van der Waals surface area contributed by atoms with E-state index in [9.17, 15) is 39.5 Å². The molecular weight excluding hydrogens is 587 g/mol. The molecule has 2 saturated carbocycles. The molecule has 2 aromatic rings. The highest BCUT2D eigenvalue weighted by Gasteiger charge is 2.44. The Morgan fingerprint density at radius 3 is 1.81 bits per heavy atom. The van der Waals surface area contributed by atoms with Gasteiger partial charge in [-0.1, -0.05) is 31.3 Å². The summed E-state index contributed by atoms with van der Waals surface area (Å²) in [6.07, 6.45) is -9.32. The largest absolute Gasteiger partial charge is 0.432 e. The van der Waals surface area contributed by atoms with Crippen molar-refractivity contribution in [2.75, 3.05) is 0 Å². The molecule has 2 aromatic carbocycles. The van der Waals surface area contributed by atoms with E-state index in [1.807, 2.05) is 6.92 Å². The van der Waals surface area contributed by atoms with Crippen molar-refractivity contribution in [2.45, 2.75) is 95.6 Å². The number of aryl methyl sites for hydroxylation is 1. The molecule has 2 fully saturated rings. The summed E-state index contributed by atoms with van der Waals surface area (Å²) < 4.78 is 135. The van der Waals surface area contributed by atoms with Gasteiger partial charge in [-0.25, -0.2) is 8.78 Å². The highest BCUT2D eigenvalue weighted by Crippen LogP contribution is 2.42. The van der Waals surface area contributed by atoms with Gasteiger partial charge in [0.2, 0.25) is 0 Å². The zero-order valence-corrected chi connectivity index (χ0v) is 23.6. The maximum Gasteiger partial charge on any atom is 0.419 e. The number of benzene rings is 2. The lowest BCUT2D eigenvalue weighted by Crippen LogP contribution is -2.37. The van der Waals surface area contributed by atoms with Crippen molar-refractivity contribution in [3.8, 4) is 17.6 Å². The van der Waals surface area contributed by atoms with Crippen molar-refractivity contribution in [1.29, 1.82) is 0 Å². The summed E-state index contributed by atoms with van der Waals surface area (Å²) in [4.78, 5) is 0. The molecule has 0 amide bonds. The molecular formula is C32H33F9O2. The van der Waals surface area contributed by atoms with Crippen molar-refractivity contribution in [1.82, 2.24) is 0 Å². The minimum Gasteiger partial charge on any atom is -0.432 e. The Balaban J connectivity index is 1.23. The average molecular weight is 621 g/mol. The van der Waals surface area contributed by atoms with E-state index in [-0.39, 0.29) is 24.7 Å². The summed E-state index contributed by atoms with van der Waals surface area (Å²) in [6, 6.07) is 5.00. The van der Waals surface area contributed by atoms with Gasteiger partial charge in [0.05, 0.1) is 23.1 Å². The number of alkyl halides is 7. The van der Waals surface area contributed by atoms with Gasteiger partial charge in [-0.3, -0.25) is 0 Å². The Hall–Kier alpha value is -2.87. The summed E-state index contributed by atoms with van der Waals surface area (Å²) in [7, 11) is 0. The first-order chi connectivity index (χ1) is 20.2. The molecule has 0 aromatic heterocycles. The third-order valence-corrected chi connectivity index (χ3v) is 8.07. The number of halogens is 9. The molecule has 11 heteroatoms. The summed E-state index contributed by atoms with van der Waals surface area (Å²) in [5, 5.41) is 0. The Bertz CT molecular complexity index is 1300. The SMILES string of the molecule is CCCc1ccc(C(F)(F)OC2CCC(C#CC3CCC(C(F)(F)Oc4ccc(C(F)(F)F)c(F)c4)CC3)CC2)c(F)c1. The lowest BCUT2D eigenvalue weighted by atomic mass is 9.81. The van der Waals surface area contributed by atoms with Crippen molar-refractivity contribution >= 4 is 0 Å². The fourth-order valence-electron chi connectivity index (χ4n) is 5.68. The molecule has 0 heterocycles. The number of hydrogen-bond acceptors (Lipinski definition) is 2. The van der Waals surface area contributed by atoms with Gasteiger partial charge in [0.1, 0.15) is 17.4 Å². The first-order valence-corrected chi connectivity index (χ1v) is 14.5. The average Bonchev–Trinajstić information content (AvgIpc) is 2.92. The molecule has 4 rings (SSSR count). The molecule has 43 heavy (non-hydrogen) atoms. The van der Waals surface area contributed by atoms with Crippen molar-refractivity contribution in [2.24, 2.45) is 17.8 Å². The molecule has 0 N–H and O–H groups in total. The molecule has 0 radical (unpaired) electrons. The highest BCUT2D eigenvalue weighted by molar-refractivity contribution is 5.31. The normalized spacial score (nSPS) is 23.4. The van der Waals surface area contributed by atoms with E-state index in [1.165, 1.54) is 6.07 Å². The summed E-state index contributed by atoms with van der Waals surface area (Å²) in [6.45, 7) is 1.91. The minimum atomic E-state index is -4.95. The Morgan fingerprint density at radius 1 is 0.721 bits per heavy atom. The van der Waals surface area contributed by atoms with Crippen LogP contribution in [0.2, 0.25) is 0 Å². The monoisotopic (exact) mass is 620 g/mol. The van der Waals surface area contributed by atoms with Crippen LogP contribution in [0.15, 0.2) is 36.4 Å². The minimum absolute atomic E-state index is 0.0567. The maximum absolute atomic E-state index is 14.7. The Kier molecular flexibility index (Phi) is 10.3. The predicted octanol–water partition coefficient (Wildman–Crippen LogP) is 10.0. The maximum atomic E-state index is 14.7. The van der Waals surface area contributed by atoms with Crippen molar-refractivity contribution in [3.63, 3.8) is 0 Å². The zero-order chi connectivity index (χ0) is 31.4.